The molecule has 1 amide bonds. The summed E-state index contributed by atoms with van der Waals surface area (Å²) in [5.74, 6) is -0.339. The number of ether oxygens (including phenoxy) is 1. The van der Waals surface area contributed by atoms with Crippen LogP contribution in [0.25, 0.3) is 0 Å². The third-order valence-electron chi connectivity index (χ3n) is 1.90. The second kappa shape index (κ2) is 6.51. The van der Waals surface area contributed by atoms with Gasteiger partial charge in [0.2, 0.25) is 5.91 Å². The van der Waals surface area contributed by atoms with Crippen molar-refractivity contribution < 1.29 is 18.3 Å². The standard InChI is InChI=1S/C10H11BrF2N2O2/c11-7-1-2-8(17-10(12)13)6(3-7)5-15-9(16)4-14/h1-3,10H,4-5,14H2,(H,15,16). The topological polar surface area (TPSA) is 64.4 Å². The lowest BCUT2D eigenvalue weighted by molar-refractivity contribution is -0.119. The molecule has 0 atom stereocenters. The van der Waals surface area contributed by atoms with Crippen LogP contribution in [0.1, 0.15) is 5.56 Å². The molecule has 0 aromatic heterocycles. The van der Waals surface area contributed by atoms with Crippen LogP contribution in [0.4, 0.5) is 8.78 Å². The number of halogens is 3. The maximum Gasteiger partial charge on any atom is 0.387 e. The molecule has 0 aliphatic heterocycles. The van der Waals surface area contributed by atoms with Crippen LogP contribution in [0.15, 0.2) is 22.7 Å². The first-order valence-electron chi connectivity index (χ1n) is 4.73. The highest BCUT2D eigenvalue weighted by molar-refractivity contribution is 9.10. The van der Waals surface area contributed by atoms with Crippen molar-refractivity contribution >= 4 is 21.8 Å². The molecule has 0 fully saturated rings. The van der Waals surface area contributed by atoms with Gasteiger partial charge in [-0.2, -0.15) is 8.78 Å². The van der Waals surface area contributed by atoms with Gasteiger partial charge in [-0.3, -0.25) is 4.79 Å². The zero-order chi connectivity index (χ0) is 12.8. The number of carbonyl (C=O) groups is 1. The molecule has 0 aliphatic carbocycles. The van der Waals surface area contributed by atoms with E-state index < -0.39 is 6.61 Å². The van der Waals surface area contributed by atoms with Gasteiger partial charge in [-0.05, 0) is 18.2 Å². The van der Waals surface area contributed by atoms with E-state index in [0.717, 1.165) is 0 Å². The van der Waals surface area contributed by atoms with Crippen LogP contribution in [0.5, 0.6) is 5.75 Å². The Morgan fingerprint density at radius 2 is 2.24 bits per heavy atom. The lowest BCUT2D eigenvalue weighted by atomic mass is 10.2. The Hall–Kier alpha value is -1.21. The number of amides is 1. The molecule has 17 heavy (non-hydrogen) atoms. The molecule has 7 heteroatoms. The lowest BCUT2D eigenvalue weighted by Gasteiger charge is -2.11. The number of nitrogens with two attached hydrogens (primary N) is 1. The normalized spacial score (nSPS) is 10.4. The van der Waals surface area contributed by atoms with Gasteiger partial charge in [0.25, 0.3) is 0 Å². The molecule has 1 aromatic rings. The minimum absolute atomic E-state index is 0.0283. The van der Waals surface area contributed by atoms with Crippen molar-refractivity contribution in [1.82, 2.24) is 5.32 Å². The summed E-state index contributed by atoms with van der Waals surface area (Å²) in [7, 11) is 0. The summed E-state index contributed by atoms with van der Waals surface area (Å²) in [6.45, 7) is -2.98. The summed E-state index contributed by atoms with van der Waals surface area (Å²) in [6.07, 6.45) is 0. The summed E-state index contributed by atoms with van der Waals surface area (Å²) in [4.78, 5) is 11.0. The number of alkyl halides is 2. The van der Waals surface area contributed by atoms with Crippen LogP contribution >= 0.6 is 15.9 Å². The fourth-order valence-electron chi connectivity index (χ4n) is 1.16. The third-order valence-corrected chi connectivity index (χ3v) is 2.39. The number of hydrogen-bond donors (Lipinski definition) is 2. The minimum atomic E-state index is -2.90. The Morgan fingerprint density at radius 1 is 1.53 bits per heavy atom. The van der Waals surface area contributed by atoms with Gasteiger partial charge in [0, 0.05) is 16.6 Å². The van der Waals surface area contributed by atoms with Gasteiger partial charge in [-0.15, -0.1) is 0 Å². The predicted octanol–water partition coefficient (Wildman–Crippen LogP) is 1.63. The smallest absolute Gasteiger partial charge is 0.387 e. The summed E-state index contributed by atoms with van der Waals surface area (Å²) < 4.78 is 29.3. The maximum absolute atomic E-state index is 12.1. The van der Waals surface area contributed by atoms with Crippen LogP contribution in [0.2, 0.25) is 0 Å². The van der Waals surface area contributed by atoms with E-state index in [0.29, 0.717) is 10.0 Å². The highest BCUT2D eigenvalue weighted by Crippen LogP contribution is 2.24. The number of carbonyl (C=O) groups excluding carboxylic acids is 1. The molecule has 3 N–H and O–H groups in total. The first-order valence-corrected chi connectivity index (χ1v) is 5.52. The Bertz CT molecular complexity index is 402. The Labute approximate surface area is 105 Å². The molecular weight excluding hydrogens is 298 g/mol. The lowest BCUT2D eigenvalue weighted by Crippen LogP contribution is -2.29. The van der Waals surface area contributed by atoms with E-state index in [2.05, 4.69) is 26.0 Å². The summed E-state index contributed by atoms with van der Waals surface area (Å²) in [6, 6.07) is 4.57. The molecule has 4 nitrogen and oxygen atoms in total. The first kappa shape index (κ1) is 13.9. The van der Waals surface area contributed by atoms with E-state index in [-0.39, 0.29) is 24.7 Å². The fraction of sp³-hybridized carbons (Fsp3) is 0.300. The van der Waals surface area contributed by atoms with Crippen LogP contribution in [0, 0.1) is 0 Å². The average molecular weight is 309 g/mol. The molecule has 0 heterocycles. The van der Waals surface area contributed by atoms with E-state index >= 15 is 0 Å². The molecule has 0 bridgehead atoms. The second-order valence-electron chi connectivity index (χ2n) is 3.11. The SMILES string of the molecule is NCC(=O)NCc1cc(Br)ccc1OC(F)F. The monoisotopic (exact) mass is 308 g/mol. The van der Waals surface area contributed by atoms with Gasteiger partial charge in [-0.25, -0.2) is 0 Å². The van der Waals surface area contributed by atoms with Gasteiger partial charge in [0.05, 0.1) is 6.54 Å². The van der Waals surface area contributed by atoms with E-state index in [1.807, 2.05) is 0 Å². The van der Waals surface area contributed by atoms with Crippen LogP contribution in [-0.4, -0.2) is 19.1 Å². The average Bonchev–Trinajstić information content (AvgIpc) is 2.28. The summed E-state index contributed by atoms with van der Waals surface area (Å²) in [5, 5.41) is 2.48. The van der Waals surface area contributed by atoms with Crippen molar-refractivity contribution in [2.45, 2.75) is 13.2 Å². The number of benzene rings is 1. The van der Waals surface area contributed by atoms with Crippen molar-refractivity contribution in [3.8, 4) is 5.75 Å². The molecule has 1 rings (SSSR count). The van der Waals surface area contributed by atoms with Crippen LogP contribution in [-0.2, 0) is 11.3 Å². The highest BCUT2D eigenvalue weighted by Gasteiger charge is 2.10. The van der Waals surface area contributed by atoms with Crippen molar-refractivity contribution in [2.24, 2.45) is 5.73 Å². The molecule has 0 spiro atoms. The van der Waals surface area contributed by atoms with Crippen molar-refractivity contribution in [3.63, 3.8) is 0 Å². The molecule has 94 valence electrons. The molecule has 0 aliphatic rings. The van der Waals surface area contributed by atoms with Gasteiger partial charge in [-0.1, -0.05) is 15.9 Å². The second-order valence-corrected chi connectivity index (χ2v) is 4.03. The summed E-state index contributed by atoms with van der Waals surface area (Å²) in [5.41, 5.74) is 5.56. The number of hydrogen-bond acceptors (Lipinski definition) is 3. The van der Waals surface area contributed by atoms with Gasteiger partial charge in [0.1, 0.15) is 5.75 Å². The maximum atomic E-state index is 12.1. The Kier molecular flexibility index (Phi) is 5.30. The first-order chi connectivity index (χ1) is 8.02. The van der Waals surface area contributed by atoms with Crippen molar-refractivity contribution in [1.29, 1.82) is 0 Å². The minimum Gasteiger partial charge on any atom is -0.434 e. The van der Waals surface area contributed by atoms with Gasteiger partial charge in [0.15, 0.2) is 0 Å². The largest absolute Gasteiger partial charge is 0.434 e. The fourth-order valence-corrected chi connectivity index (χ4v) is 1.57. The number of rotatable bonds is 5. The molecule has 0 radical (unpaired) electrons. The summed E-state index contributed by atoms with van der Waals surface area (Å²) >= 11 is 3.21. The Morgan fingerprint density at radius 3 is 2.82 bits per heavy atom. The highest BCUT2D eigenvalue weighted by atomic mass is 79.9. The van der Waals surface area contributed by atoms with E-state index in [4.69, 9.17) is 5.73 Å². The predicted molar refractivity (Wildman–Crippen MR) is 61.7 cm³/mol. The quantitative estimate of drug-likeness (QED) is 0.869. The molecule has 0 saturated heterocycles. The molecule has 1 aromatic carbocycles. The van der Waals surface area contributed by atoms with Crippen molar-refractivity contribution in [3.05, 3.63) is 28.2 Å². The van der Waals surface area contributed by atoms with Gasteiger partial charge < -0.3 is 15.8 Å². The Balaban J connectivity index is 2.79. The van der Waals surface area contributed by atoms with E-state index in [1.165, 1.54) is 6.07 Å². The molecular formula is C10H11BrF2N2O2. The zero-order valence-corrected chi connectivity index (χ0v) is 10.3. The zero-order valence-electron chi connectivity index (χ0n) is 8.75. The molecule has 0 saturated carbocycles. The third kappa shape index (κ3) is 4.66. The van der Waals surface area contributed by atoms with E-state index in [9.17, 15) is 13.6 Å². The van der Waals surface area contributed by atoms with Crippen molar-refractivity contribution in [2.75, 3.05) is 6.54 Å². The van der Waals surface area contributed by atoms with E-state index in [1.54, 1.807) is 12.1 Å². The van der Waals surface area contributed by atoms with Crippen LogP contribution in [0.3, 0.4) is 0 Å². The van der Waals surface area contributed by atoms with Gasteiger partial charge >= 0.3 is 6.61 Å². The number of nitrogens with one attached hydrogen (secondary N) is 1. The molecule has 0 unspecified atom stereocenters. The van der Waals surface area contributed by atoms with Crippen LogP contribution < -0.4 is 15.8 Å².